The highest BCUT2D eigenvalue weighted by atomic mass is 16.5. The van der Waals surface area contributed by atoms with E-state index in [1.807, 2.05) is 31.2 Å². The SMILES string of the molecule is CCCN1CCC2CC23CC2=C(CCC[C@H]2OC(=O)c2ccccc2C)C[C@@H]13. The summed E-state index contributed by atoms with van der Waals surface area (Å²) in [5.74, 6) is 0.773. The molecule has 5 rings (SSSR count). The van der Waals surface area contributed by atoms with Gasteiger partial charge in [0.05, 0.1) is 5.56 Å². The number of piperidine rings is 1. The number of ether oxygens (including phenoxy) is 1. The zero-order valence-electron chi connectivity index (χ0n) is 17.4. The third kappa shape index (κ3) is 2.94. The Labute approximate surface area is 169 Å². The third-order valence-corrected chi connectivity index (χ3v) is 8.02. The number of carbonyl (C=O) groups is 1. The van der Waals surface area contributed by atoms with E-state index in [9.17, 15) is 4.79 Å². The van der Waals surface area contributed by atoms with Gasteiger partial charge in [-0.1, -0.05) is 30.7 Å². The smallest absolute Gasteiger partial charge is 0.338 e. The largest absolute Gasteiger partial charge is 0.454 e. The van der Waals surface area contributed by atoms with Crippen molar-refractivity contribution in [3.63, 3.8) is 0 Å². The van der Waals surface area contributed by atoms with Gasteiger partial charge >= 0.3 is 5.97 Å². The van der Waals surface area contributed by atoms with Crippen LogP contribution in [0.5, 0.6) is 0 Å². The van der Waals surface area contributed by atoms with Crippen LogP contribution in [0.25, 0.3) is 0 Å². The molecule has 1 spiro atoms. The lowest BCUT2D eigenvalue weighted by molar-refractivity contribution is 0.0252. The predicted molar refractivity (Wildman–Crippen MR) is 111 cm³/mol. The number of carbonyl (C=O) groups excluding carboxylic acids is 1. The predicted octanol–water partition coefficient (Wildman–Crippen LogP) is 5.29. The molecule has 28 heavy (non-hydrogen) atoms. The van der Waals surface area contributed by atoms with Crippen LogP contribution in [0.3, 0.4) is 0 Å². The molecule has 0 N–H and O–H groups in total. The van der Waals surface area contributed by atoms with Crippen LogP contribution in [0.1, 0.15) is 74.2 Å². The number of nitrogens with zero attached hydrogens (tertiary/aromatic N) is 1. The summed E-state index contributed by atoms with van der Waals surface area (Å²) in [6.07, 6.45) is 9.80. The van der Waals surface area contributed by atoms with Crippen LogP contribution in [-0.4, -0.2) is 36.1 Å². The summed E-state index contributed by atoms with van der Waals surface area (Å²) in [5, 5.41) is 0. The first-order chi connectivity index (χ1) is 13.6. The Morgan fingerprint density at radius 3 is 2.96 bits per heavy atom. The highest BCUT2D eigenvalue weighted by molar-refractivity contribution is 5.91. The van der Waals surface area contributed by atoms with Crippen molar-refractivity contribution in [1.29, 1.82) is 0 Å². The zero-order valence-corrected chi connectivity index (χ0v) is 17.4. The summed E-state index contributed by atoms with van der Waals surface area (Å²) >= 11 is 0. The molecular weight excluding hydrogens is 346 g/mol. The summed E-state index contributed by atoms with van der Waals surface area (Å²) in [4.78, 5) is 15.7. The molecule has 0 radical (unpaired) electrons. The van der Waals surface area contributed by atoms with E-state index in [4.69, 9.17) is 4.74 Å². The number of hydrogen-bond donors (Lipinski definition) is 0. The first-order valence-corrected chi connectivity index (χ1v) is 11.3. The van der Waals surface area contributed by atoms with Crippen LogP contribution < -0.4 is 0 Å². The minimum Gasteiger partial charge on any atom is -0.454 e. The van der Waals surface area contributed by atoms with Gasteiger partial charge in [-0.3, -0.25) is 4.90 Å². The molecule has 2 fully saturated rings. The number of benzene rings is 1. The van der Waals surface area contributed by atoms with Crippen LogP contribution in [0.4, 0.5) is 0 Å². The van der Waals surface area contributed by atoms with Gasteiger partial charge in [0.1, 0.15) is 6.10 Å². The Kier molecular flexibility index (Phi) is 4.62. The van der Waals surface area contributed by atoms with Gasteiger partial charge in [0.25, 0.3) is 0 Å². The molecule has 4 aliphatic rings. The Morgan fingerprint density at radius 2 is 2.14 bits per heavy atom. The Balaban J connectivity index is 1.39. The lowest BCUT2D eigenvalue weighted by atomic mass is 9.69. The maximum absolute atomic E-state index is 12.9. The van der Waals surface area contributed by atoms with Gasteiger partial charge in [-0.25, -0.2) is 4.79 Å². The van der Waals surface area contributed by atoms with Crippen LogP contribution in [0.2, 0.25) is 0 Å². The summed E-state index contributed by atoms with van der Waals surface area (Å²) < 4.78 is 6.13. The molecule has 3 heteroatoms. The molecule has 1 heterocycles. The average Bonchev–Trinajstić information content (AvgIpc) is 3.40. The van der Waals surface area contributed by atoms with Crippen molar-refractivity contribution in [2.75, 3.05) is 13.1 Å². The summed E-state index contributed by atoms with van der Waals surface area (Å²) in [6, 6.07) is 8.54. The lowest BCUT2D eigenvalue weighted by Gasteiger charge is -2.48. The van der Waals surface area contributed by atoms with Crippen molar-refractivity contribution < 1.29 is 9.53 Å². The number of esters is 1. The molecule has 0 aromatic heterocycles. The zero-order chi connectivity index (χ0) is 19.3. The molecule has 1 saturated carbocycles. The quantitative estimate of drug-likeness (QED) is 0.526. The molecule has 1 saturated heterocycles. The normalized spacial score (nSPS) is 34.3. The number of rotatable bonds is 4. The number of likely N-dealkylation sites (tertiary alicyclic amines) is 1. The Hall–Kier alpha value is -1.61. The van der Waals surface area contributed by atoms with Crippen molar-refractivity contribution in [1.82, 2.24) is 4.90 Å². The molecule has 1 aromatic carbocycles. The van der Waals surface area contributed by atoms with Gasteiger partial charge in [0.2, 0.25) is 0 Å². The van der Waals surface area contributed by atoms with Gasteiger partial charge in [-0.2, -0.15) is 0 Å². The molecule has 0 amide bonds. The van der Waals surface area contributed by atoms with Gasteiger partial charge in [0, 0.05) is 6.04 Å². The Morgan fingerprint density at radius 1 is 1.29 bits per heavy atom. The van der Waals surface area contributed by atoms with Crippen molar-refractivity contribution in [2.45, 2.75) is 77.4 Å². The van der Waals surface area contributed by atoms with Gasteiger partial charge in [-0.15, -0.1) is 0 Å². The lowest BCUT2D eigenvalue weighted by Crippen LogP contribution is -2.50. The van der Waals surface area contributed by atoms with Crippen LogP contribution >= 0.6 is 0 Å². The molecule has 0 bridgehead atoms. The molecule has 2 unspecified atom stereocenters. The van der Waals surface area contributed by atoms with Crippen molar-refractivity contribution in [3.05, 3.63) is 46.5 Å². The minimum absolute atomic E-state index is 0.00832. The molecule has 1 aliphatic heterocycles. The summed E-state index contributed by atoms with van der Waals surface area (Å²) in [7, 11) is 0. The second-order valence-electron chi connectivity index (χ2n) is 9.59. The standard InChI is InChI=1S/C25H33NO2/c1-3-12-26-13-11-19-15-25(19)16-21-18(14-23(25)26)8-6-10-22(21)28-24(27)20-9-5-4-7-17(20)2/h4-5,7,9,19,22-23H,3,6,8,10-16H2,1-2H3/t19?,22-,23-,25?/m1/s1. The van der Waals surface area contributed by atoms with E-state index in [0.717, 1.165) is 35.9 Å². The highest BCUT2D eigenvalue weighted by Crippen LogP contribution is 2.67. The maximum Gasteiger partial charge on any atom is 0.338 e. The number of hydrogen-bond acceptors (Lipinski definition) is 3. The Bertz CT molecular complexity index is 813. The van der Waals surface area contributed by atoms with E-state index < -0.39 is 0 Å². The molecule has 4 atom stereocenters. The van der Waals surface area contributed by atoms with E-state index in [-0.39, 0.29) is 12.1 Å². The fourth-order valence-corrected chi connectivity index (χ4v) is 6.51. The van der Waals surface area contributed by atoms with E-state index in [1.54, 1.807) is 5.57 Å². The van der Waals surface area contributed by atoms with Crippen LogP contribution in [0.15, 0.2) is 35.4 Å². The van der Waals surface area contributed by atoms with Crippen molar-refractivity contribution >= 4 is 5.97 Å². The molecule has 1 aromatic rings. The number of aryl methyl sites for hydroxylation is 1. The van der Waals surface area contributed by atoms with Crippen molar-refractivity contribution in [2.24, 2.45) is 11.3 Å². The molecule has 150 valence electrons. The van der Waals surface area contributed by atoms with Gasteiger partial charge < -0.3 is 4.74 Å². The second kappa shape index (κ2) is 7.02. The van der Waals surface area contributed by atoms with E-state index in [2.05, 4.69) is 11.8 Å². The minimum atomic E-state index is -0.139. The average molecular weight is 380 g/mol. The first-order valence-electron chi connectivity index (χ1n) is 11.3. The topological polar surface area (TPSA) is 29.5 Å². The third-order valence-electron chi connectivity index (χ3n) is 8.02. The van der Waals surface area contributed by atoms with E-state index >= 15 is 0 Å². The molecular formula is C25H33NO2. The van der Waals surface area contributed by atoms with Crippen molar-refractivity contribution in [3.8, 4) is 0 Å². The first kappa shape index (κ1) is 18.4. The van der Waals surface area contributed by atoms with E-state index in [1.165, 1.54) is 57.2 Å². The molecule has 3 aliphatic carbocycles. The van der Waals surface area contributed by atoms with Crippen LogP contribution in [0, 0.1) is 18.3 Å². The highest BCUT2D eigenvalue weighted by Gasteiger charge is 2.64. The maximum atomic E-state index is 12.9. The van der Waals surface area contributed by atoms with E-state index in [0.29, 0.717) is 5.41 Å². The fourth-order valence-electron chi connectivity index (χ4n) is 6.51. The van der Waals surface area contributed by atoms with Crippen LogP contribution in [-0.2, 0) is 4.74 Å². The summed E-state index contributed by atoms with van der Waals surface area (Å²) in [5.41, 5.74) is 5.35. The van der Waals surface area contributed by atoms with Gasteiger partial charge in [-0.05, 0) is 99.9 Å². The summed E-state index contributed by atoms with van der Waals surface area (Å²) in [6.45, 7) is 6.83. The monoisotopic (exact) mass is 379 g/mol. The van der Waals surface area contributed by atoms with Gasteiger partial charge in [0.15, 0.2) is 0 Å². The molecule has 3 nitrogen and oxygen atoms in total. The second-order valence-corrected chi connectivity index (χ2v) is 9.59. The fraction of sp³-hybridized carbons (Fsp3) is 0.640.